The van der Waals surface area contributed by atoms with Gasteiger partial charge in [0.05, 0.1) is 12.5 Å². The van der Waals surface area contributed by atoms with Gasteiger partial charge in [0, 0.05) is 19.6 Å². The van der Waals surface area contributed by atoms with Gasteiger partial charge in [-0.1, -0.05) is 42.5 Å². The smallest absolute Gasteiger partial charge is 0.317 e. The fraction of sp³-hybridized carbons (Fsp3) is 0.391. The number of benzene rings is 2. The molecule has 2 amide bonds. The van der Waals surface area contributed by atoms with E-state index in [2.05, 4.69) is 17.4 Å². The summed E-state index contributed by atoms with van der Waals surface area (Å²) in [5, 5.41) is 11.9. The highest BCUT2D eigenvalue weighted by Gasteiger charge is 2.30. The number of likely N-dealkylation sites (tertiary alicyclic amines) is 1. The minimum absolute atomic E-state index is 0.193. The lowest BCUT2D eigenvalue weighted by Crippen LogP contribution is -2.39. The van der Waals surface area contributed by atoms with Crippen molar-refractivity contribution in [2.45, 2.75) is 25.7 Å². The Morgan fingerprint density at radius 3 is 2.62 bits per heavy atom. The molecule has 1 aliphatic rings. The normalized spacial score (nSPS) is 15.9. The number of aliphatic carboxylic acids is 1. The summed E-state index contributed by atoms with van der Waals surface area (Å²) in [6, 6.07) is 18.1. The van der Waals surface area contributed by atoms with Gasteiger partial charge in [0.2, 0.25) is 0 Å². The molecule has 1 atom stereocenters. The summed E-state index contributed by atoms with van der Waals surface area (Å²) in [5.74, 6) is -0.442. The Morgan fingerprint density at radius 1 is 1.07 bits per heavy atom. The molecule has 3 rings (SSSR count). The van der Waals surface area contributed by atoms with E-state index in [1.807, 2.05) is 42.5 Å². The summed E-state index contributed by atoms with van der Waals surface area (Å²) in [6.07, 6.45) is 3.17. The number of urea groups is 1. The van der Waals surface area contributed by atoms with Crippen LogP contribution in [0.25, 0.3) is 0 Å². The zero-order valence-corrected chi connectivity index (χ0v) is 16.5. The lowest BCUT2D eigenvalue weighted by atomic mass is 10.1. The van der Waals surface area contributed by atoms with Gasteiger partial charge in [-0.25, -0.2) is 4.79 Å². The summed E-state index contributed by atoms with van der Waals surface area (Å²) in [4.78, 5) is 24.7. The van der Waals surface area contributed by atoms with Gasteiger partial charge in [-0.15, -0.1) is 0 Å². The standard InChI is InChI=1S/C23H28N2O4/c26-22(27)20-12-14-25(17-20)23(28)24-13-11-19-8-4-10-21(16-19)29-15-5-9-18-6-2-1-3-7-18/h1-4,6-8,10,16,20H,5,9,11-15,17H2,(H,24,28)(H,26,27). The van der Waals surface area contributed by atoms with Gasteiger partial charge in [0.25, 0.3) is 0 Å². The molecular weight excluding hydrogens is 368 g/mol. The van der Waals surface area contributed by atoms with Crippen molar-refractivity contribution in [3.8, 4) is 5.75 Å². The zero-order chi connectivity index (χ0) is 20.5. The number of carbonyl (C=O) groups excluding carboxylic acids is 1. The number of aryl methyl sites for hydroxylation is 1. The number of carboxylic acid groups (broad SMARTS) is 1. The minimum Gasteiger partial charge on any atom is -0.494 e. The molecular formula is C23H28N2O4. The third kappa shape index (κ3) is 6.52. The molecule has 6 heteroatoms. The molecule has 2 aromatic carbocycles. The Hall–Kier alpha value is -3.02. The molecule has 1 fully saturated rings. The number of hydrogen-bond acceptors (Lipinski definition) is 3. The van der Waals surface area contributed by atoms with E-state index in [0.717, 1.165) is 24.2 Å². The topological polar surface area (TPSA) is 78.9 Å². The van der Waals surface area contributed by atoms with E-state index >= 15 is 0 Å². The van der Waals surface area contributed by atoms with Crippen molar-refractivity contribution in [1.82, 2.24) is 10.2 Å². The molecule has 1 heterocycles. The number of amides is 2. The van der Waals surface area contributed by atoms with Crippen molar-refractivity contribution in [2.75, 3.05) is 26.2 Å². The monoisotopic (exact) mass is 396 g/mol. The summed E-state index contributed by atoms with van der Waals surface area (Å²) in [5.41, 5.74) is 2.41. The molecule has 0 radical (unpaired) electrons. The highest BCUT2D eigenvalue weighted by atomic mass is 16.5. The predicted molar refractivity (Wildman–Crippen MR) is 111 cm³/mol. The number of carbonyl (C=O) groups is 2. The number of nitrogens with one attached hydrogen (secondary N) is 1. The molecule has 1 aliphatic heterocycles. The van der Waals surface area contributed by atoms with Gasteiger partial charge in [-0.2, -0.15) is 0 Å². The van der Waals surface area contributed by atoms with E-state index < -0.39 is 11.9 Å². The SMILES string of the molecule is O=C(O)C1CCN(C(=O)NCCc2cccc(OCCCc3ccccc3)c2)C1. The molecule has 1 unspecified atom stereocenters. The lowest BCUT2D eigenvalue weighted by Gasteiger charge is -2.16. The second-order valence-corrected chi connectivity index (χ2v) is 7.34. The first-order chi connectivity index (χ1) is 14.1. The van der Waals surface area contributed by atoms with Crippen molar-refractivity contribution >= 4 is 12.0 Å². The van der Waals surface area contributed by atoms with Crippen LogP contribution < -0.4 is 10.1 Å². The summed E-state index contributed by atoms with van der Waals surface area (Å²) >= 11 is 0. The van der Waals surface area contributed by atoms with Gasteiger partial charge < -0.3 is 20.1 Å². The Labute approximate surface area is 171 Å². The van der Waals surface area contributed by atoms with Crippen LogP contribution >= 0.6 is 0 Å². The molecule has 29 heavy (non-hydrogen) atoms. The van der Waals surface area contributed by atoms with Gasteiger partial charge in [-0.05, 0) is 48.9 Å². The largest absolute Gasteiger partial charge is 0.494 e. The first kappa shape index (κ1) is 20.7. The summed E-state index contributed by atoms with van der Waals surface area (Å²) in [6.45, 7) is 1.95. The van der Waals surface area contributed by atoms with Gasteiger partial charge in [0.15, 0.2) is 0 Å². The Balaban J connectivity index is 1.36. The molecule has 6 nitrogen and oxygen atoms in total. The van der Waals surface area contributed by atoms with Gasteiger partial charge >= 0.3 is 12.0 Å². The molecule has 0 aliphatic carbocycles. The number of hydrogen-bond donors (Lipinski definition) is 2. The van der Waals surface area contributed by atoms with Crippen LogP contribution in [0, 0.1) is 5.92 Å². The van der Waals surface area contributed by atoms with Crippen LogP contribution in [-0.2, 0) is 17.6 Å². The van der Waals surface area contributed by atoms with Crippen molar-refractivity contribution in [1.29, 1.82) is 0 Å². The molecule has 0 bridgehead atoms. The van der Waals surface area contributed by atoms with Crippen LogP contribution in [0.2, 0.25) is 0 Å². The van der Waals surface area contributed by atoms with Crippen molar-refractivity contribution in [3.05, 3.63) is 65.7 Å². The van der Waals surface area contributed by atoms with Crippen LogP contribution in [0.15, 0.2) is 54.6 Å². The van der Waals surface area contributed by atoms with Crippen LogP contribution in [0.3, 0.4) is 0 Å². The Kier molecular flexibility index (Phi) is 7.50. The molecule has 154 valence electrons. The second-order valence-electron chi connectivity index (χ2n) is 7.34. The number of rotatable bonds is 9. The van der Waals surface area contributed by atoms with E-state index in [9.17, 15) is 9.59 Å². The van der Waals surface area contributed by atoms with Crippen LogP contribution in [-0.4, -0.2) is 48.2 Å². The number of ether oxygens (including phenoxy) is 1. The van der Waals surface area contributed by atoms with Crippen molar-refractivity contribution < 1.29 is 19.4 Å². The molecule has 0 saturated carbocycles. The molecule has 2 aromatic rings. The fourth-order valence-corrected chi connectivity index (χ4v) is 3.47. The number of carboxylic acids is 1. The van der Waals surface area contributed by atoms with E-state index in [1.165, 1.54) is 5.56 Å². The summed E-state index contributed by atoms with van der Waals surface area (Å²) < 4.78 is 5.86. The maximum atomic E-state index is 12.2. The van der Waals surface area contributed by atoms with E-state index in [4.69, 9.17) is 9.84 Å². The maximum Gasteiger partial charge on any atom is 0.317 e. The Morgan fingerprint density at radius 2 is 1.86 bits per heavy atom. The quantitative estimate of drug-likeness (QED) is 0.637. The second kappa shape index (κ2) is 10.5. The zero-order valence-electron chi connectivity index (χ0n) is 16.5. The first-order valence-corrected chi connectivity index (χ1v) is 10.1. The minimum atomic E-state index is -0.833. The van der Waals surface area contributed by atoms with E-state index in [-0.39, 0.29) is 12.6 Å². The average Bonchev–Trinajstić information content (AvgIpc) is 3.23. The lowest BCUT2D eigenvalue weighted by molar-refractivity contribution is -0.141. The fourth-order valence-electron chi connectivity index (χ4n) is 3.47. The van der Waals surface area contributed by atoms with Gasteiger partial charge in [0.1, 0.15) is 5.75 Å². The maximum absolute atomic E-state index is 12.2. The highest BCUT2D eigenvalue weighted by molar-refractivity contribution is 5.77. The molecule has 2 N–H and O–H groups in total. The highest BCUT2D eigenvalue weighted by Crippen LogP contribution is 2.17. The van der Waals surface area contributed by atoms with Crippen LogP contribution in [0.4, 0.5) is 4.79 Å². The van der Waals surface area contributed by atoms with E-state index in [1.54, 1.807) is 4.90 Å². The first-order valence-electron chi connectivity index (χ1n) is 10.1. The predicted octanol–water partition coefficient (Wildman–Crippen LogP) is 3.36. The molecule has 0 aromatic heterocycles. The van der Waals surface area contributed by atoms with Crippen LogP contribution in [0.5, 0.6) is 5.75 Å². The van der Waals surface area contributed by atoms with Crippen molar-refractivity contribution in [2.24, 2.45) is 5.92 Å². The third-order valence-corrected chi connectivity index (χ3v) is 5.13. The van der Waals surface area contributed by atoms with Crippen LogP contribution in [0.1, 0.15) is 24.0 Å². The molecule has 0 spiro atoms. The van der Waals surface area contributed by atoms with Gasteiger partial charge in [-0.3, -0.25) is 4.79 Å². The number of nitrogens with zero attached hydrogens (tertiary/aromatic N) is 1. The van der Waals surface area contributed by atoms with Crippen molar-refractivity contribution in [3.63, 3.8) is 0 Å². The third-order valence-electron chi connectivity index (χ3n) is 5.13. The summed E-state index contributed by atoms with van der Waals surface area (Å²) in [7, 11) is 0. The average molecular weight is 396 g/mol. The van der Waals surface area contributed by atoms with E-state index in [0.29, 0.717) is 32.5 Å². The Bertz CT molecular complexity index is 810. The molecule has 1 saturated heterocycles.